The topological polar surface area (TPSA) is 12.0 Å². The monoisotopic (exact) mass is 173 g/mol. The van der Waals surface area contributed by atoms with Crippen LogP contribution < -0.4 is 5.32 Å². The Morgan fingerprint density at radius 2 is 1.55 bits per heavy atom. The molecule has 3 rings (SSSR count). The highest BCUT2D eigenvalue weighted by Gasteiger charge is 2.58. The van der Waals surface area contributed by atoms with Crippen LogP contribution in [0.3, 0.4) is 0 Å². The minimum atomic E-state index is 0. The molecule has 0 amide bonds. The Morgan fingerprint density at radius 1 is 1.00 bits per heavy atom. The highest BCUT2D eigenvalue weighted by atomic mass is 35.5. The molecule has 2 bridgehead atoms. The van der Waals surface area contributed by atoms with E-state index in [9.17, 15) is 0 Å². The third-order valence-corrected chi connectivity index (χ3v) is 4.10. The second-order valence-electron chi connectivity index (χ2n) is 4.36. The Bertz CT molecular complexity index is 147. The van der Waals surface area contributed by atoms with Gasteiger partial charge in [-0.15, -0.1) is 12.4 Å². The molecule has 1 aliphatic heterocycles. The molecule has 3 fully saturated rings. The van der Waals surface area contributed by atoms with E-state index in [-0.39, 0.29) is 12.4 Å². The normalized spacial score (nSPS) is 43.6. The molecule has 0 aromatic heterocycles. The predicted molar refractivity (Wildman–Crippen MR) is 48.0 cm³/mol. The van der Waals surface area contributed by atoms with E-state index in [1.807, 2.05) is 0 Å². The van der Waals surface area contributed by atoms with Gasteiger partial charge in [-0.2, -0.15) is 0 Å². The summed E-state index contributed by atoms with van der Waals surface area (Å²) in [6, 6.07) is 0. The van der Waals surface area contributed by atoms with Crippen molar-refractivity contribution in [1.82, 2.24) is 5.32 Å². The molecule has 0 aromatic rings. The van der Waals surface area contributed by atoms with E-state index in [0.29, 0.717) is 0 Å². The van der Waals surface area contributed by atoms with Gasteiger partial charge in [0.2, 0.25) is 0 Å². The van der Waals surface area contributed by atoms with Gasteiger partial charge in [0.1, 0.15) is 0 Å². The summed E-state index contributed by atoms with van der Waals surface area (Å²) in [5.74, 6) is 2.15. The molecular formula is C9H16ClN. The van der Waals surface area contributed by atoms with Crippen LogP contribution in [0.5, 0.6) is 0 Å². The van der Waals surface area contributed by atoms with Crippen molar-refractivity contribution in [2.45, 2.75) is 25.7 Å². The van der Waals surface area contributed by atoms with Gasteiger partial charge in [0.25, 0.3) is 0 Å². The maximum Gasteiger partial charge on any atom is -0.00150 e. The van der Waals surface area contributed by atoms with Gasteiger partial charge in [0, 0.05) is 0 Å². The molecule has 2 aliphatic carbocycles. The Morgan fingerprint density at radius 3 is 1.91 bits per heavy atom. The number of piperidine rings is 1. The summed E-state index contributed by atoms with van der Waals surface area (Å²) in [5, 5.41) is 3.54. The van der Waals surface area contributed by atoms with Gasteiger partial charge in [0.15, 0.2) is 0 Å². The second kappa shape index (κ2) is 2.37. The largest absolute Gasteiger partial charge is 0.316 e. The van der Waals surface area contributed by atoms with Crippen molar-refractivity contribution in [3.05, 3.63) is 0 Å². The van der Waals surface area contributed by atoms with E-state index in [4.69, 9.17) is 0 Å². The quantitative estimate of drug-likeness (QED) is 0.590. The minimum absolute atomic E-state index is 0. The number of halogens is 1. The summed E-state index contributed by atoms with van der Waals surface area (Å²) in [7, 11) is 0. The molecule has 1 saturated heterocycles. The van der Waals surface area contributed by atoms with E-state index in [2.05, 4.69) is 5.32 Å². The molecule has 11 heavy (non-hydrogen) atoms. The van der Waals surface area contributed by atoms with Gasteiger partial charge >= 0.3 is 0 Å². The standard InChI is InChI=1S/C9H15N.ClH/c1-2-8-6-10-5-7(1)9(8)3-4-9;/h7-8,10H,1-6H2;1H. The van der Waals surface area contributed by atoms with Gasteiger partial charge in [-0.05, 0) is 56.0 Å². The third-order valence-electron chi connectivity index (χ3n) is 4.10. The van der Waals surface area contributed by atoms with Crippen LogP contribution in [-0.2, 0) is 0 Å². The molecule has 2 unspecified atom stereocenters. The zero-order valence-electron chi connectivity index (χ0n) is 6.81. The Kier molecular flexibility index (Phi) is 1.69. The summed E-state index contributed by atoms with van der Waals surface area (Å²) in [4.78, 5) is 0. The first-order chi connectivity index (χ1) is 4.92. The van der Waals surface area contributed by atoms with Gasteiger partial charge in [-0.3, -0.25) is 0 Å². The zero-order chi connectivity index (χ0) is 6.60. The van der Waals surface area contributed by atoms with Gasteiger partial charge in [0.05, 0.1) is 0 Å². The molecule has 0 aromatic carbocycles. The van der Waals surface area contributed by atoms with Crippen LogP contribution in [0.1, 0.15) is 25.7 Å². The van der Waals surface area contributed by atoms with Crippen LogP contribution in [-0.4, -0.2) is 13.1 Å². The van der Waals surface area contributed by atoms with Crippen molar-refractivity contribution in [3.63, 3.8) is 0 Å². The lowest BCUT2D eigenvalue weighted by atomic mass is 9.83. The number of nitrogens with one attached hydrogen (secondary N) is 1. The summed E-state index contributed by atoms with van der Waals surface area (Å²) in [6.45, 7) is 2.66. The maximum absolute atomic E-state index is 3.54. The Balaban J connectivity index is 0.000000480. The lowest BCUT2D eigenvalue weighted by molar-refractivity contribution is 0.221. The molecule has 3 aliphatic rings. The summed E-state index contributed by atoms with van der Waals surface area (Å²) >= 11 is 0. The first-order valence-electron chi connectivity index (χ1n) is 4.62. The average molecular weight is 174 g/mol. The van der Waals surface area contributed by atoms with Crippen LogP contribution >= 0.6 is 12.4 Å². The summed E-state index contributed by atoms with van der Waals surface area (Å²) in [5.41, 5.74) is 0.894. The van der Waals surface area contributed by atoms with Gasteiger partial charge in [-0.25, -0.2) is 0 Å². The van der Waals surface area contributed by atoms with Crippen LogP contribution in [0.25, 0.3) is 0 Å². The number of hydrogen-bond donors (Lipinski definition) is 1. The molecule has 1 spiro atoms. The molecule has 2 saturated carbocycles. The molecule has 1 N–H and O–H groups in total. The summed E-state index contributed by atoms with van der Waals surface area (Å²) < 4.78 is 0. The Hall–Kier alpha value is 0.250. The number of rotatable bonds is 0. The highest BCUT2D eigenvalue weighted by Crippen LogP contribution is 2.65. The van der Waals surface area contributed by atoms with Crippen LogP contribution in [0, 0.1) is 17.3 Å². The number of hydrogen-bond acceptors (Lipinski definition) is 1. The average Bonchev–Trinajstić information content (AvgIpc) is 2.59. The van der Waals surface area contributed by atoms with Crippen LogP contribution in [0.4, 0.5) is 0 Å². The smallest absolute Gasteiger partial charge is 0.00150 e. The molecule has 1 nitrogen and oxygen atoms in total. The zero-order valence-corrected chi connectivity index (χ0v) is 7.62. The van der Waals surface area contributed by atoms with E-state index in [0.717, 1.165) is 17.3 Å². The van der Waals surface area contributed by atoms with Crippen molar-refractivity contribution in [1.29, 1.82) is 0 Å². The van der Waals surface area contributed by atoms with Crippen LogP contribution in [0.2, 0.25) is 0 Å². The molecule has 1 heterocycles. The van der Waals surface area contributed by atoms with Crippen molar-refractivity contribution < 1.29 is 0 Å². The first-order valence-corrected chi connectivity index (χ1v) is 4.62. The fourth-order valence-electron chi connectivity index (χ4n) is 3.31. The molecular weight excluding hydrogens is 158 g/mol. The van der Waals surface area contributed by atoms with Gasteiger partial charge in [-0.1, -0.05) is 0 Å². The van der Waals surface area contributed by atoms with Crippen molar-refractivity contribution in [3.8, 4) is 0 Å². The van der Waals surface area contributed by atoms with Crippen molar-refractivity contribution in [2.75, 3.05) is 13.1 Å². The predicted octanol–water partition coefficient (Wildman–Crippen LogP) is 1.82. The lowest BCUT2D eigenvalue weighted by Crippen LogP contribution is -2.39. The van der Waals surface area contributed by atoms with Crippen molar-refractivity contribution in [2.24, 2.45) is 17.3 Å². The van der Waals surface area contributed by atoms with Crippen molar-refractivity contribution >= 4 is 12.4 Å². The molecule has 0 radical (unpaired) electrons. The molecule has 2 atom stereocenters. The van der Waals surface area contributed by atoms with E-state index < -0.39 is 0 Å². The highest BCUT2D eigenvalue weighted by molar-refractivity contribution is 5.85. The Labute approximate surface area is 74.3 Å². The van der Waals surface area contributed by atoms with Crippen LogP contribution in [0.15, 0.2) is 0 Å². The van der Waals surface area contributed by atoms with E-state index in [1.165, 1.54) is 25.9 Å². The maximum atomic E-state index is 3.54. The third kappa shape index (κ3) is 0.874. The fourth-order valence-corrected chi connectivity index (χ4v) is 3.31. The molecule has 2 heteroatoms. The first kappa shape index (κ1) is 7.88. The van der Waals surface area contributed by atoms with Gasteiger partial charge < -0.3 is 5.32 Å². The second-order valence-corrected chi connectivity index (χ2v) is 4.36. The fraction of sp³-hybridized carbons (Fsp3) is 1.00. The van der Waals surface area contributed by atoms with E-state index >= 15 is 0 Å². The minimum Gasteiger partial charge on any atom is -0.316 e. The lowest BCUT2D eigenvalue weighted by Gasteiger charge is -2.30. The SMILES string of the molecule is C1CC2CNCC1C21CC1.Cl. The molecule has 64 valence electrons. The van der Waals surface area contributed by atoms with E-state index in [1.54, 1.807) is 12.8 Å². The summed E-state index contributed by atoms with van der Waals surface area (Å²) in [6.07, 6.45) is 6.17.